The van der Waals surface area contributed by atoms with Crippen molar-refractivity contribution in [3.05, 3.63) is 29.0 Å². The maximum atomic E-state index is 12.9. The Balaban J connectivity index is 1.82. The van der Waals surface area contributed by atoms with Crippen molar-refractivity contribution in [1.82, 2.24) is 4.90 Å². The summed E-state index contributed by atoms with van der Waals surface area (Å²) in [5, 5.41) is 12.8. The van der Waals surface area contributed by atoms with E-state index in [2.05, 4.69) is 5.32 Å². The molecule has 4 nitrogen and oxygen atoms in total. The van der Waals surface area contributed by atoms with Crippen LogP contribution >= 0.6 is 11.6 Å². The summed E-state index contributed by atoms with van der Waals surface area (Å²) < 4.78 is 12.9. The molecular formula is C14H18ClFN2O2. The van der Waals surface area contributed by atoms with E-state index in [1.165, 1.54) is 12.1 Å². The summed E-state index contributed by atoms with van der Waals surface area (Å²) in [4.78, 5) is 13.7. The van der Waals surface area contributed by atoms with Crippen LogP contribution in [0.4, 0.5) is 10.1 Å². The Kier molecular flexibility index (Phi) is 4.62. The quantitative estimate of drug-likeness (QED) is 0.877. The number of carbonyl (C=O) groups excluding carboxylic acids is 1. The molecule has 20 heavy (non-hydrogen) atoms. The molecule has 2 rings (SSSR count). The first-order valence-electron chi connectivity index (χ1n) is 6.61. The number of nitrogens with one attached hydrogen (secondary N) is 1. The Morgan fingerprint density at radius 3 is 2.85 bits per heavy atom. The van der Waals surface area contributed by atoms with E-state index < -0.39 is 11.4 Å². The zero-order chi connectivity index (χ0) is 14.8. The molecule has 0 atom stereocenters. The predicted octanol–water partition coefficient (Wildman–Crippen LogP) is 2.26. The van der Waals surface area contributed by atoms with Crippen molar-refractivity contribution in [3.63, 3.8) is 0 Å². The molecule has 0 bridgehead atoms. The van der Waals surface area contributed by atoms with E-state index in [9.17, 15) is 14.3 Å². The standard InChI is InChI=1S/C14H18ClFN2O2/c1-2-5-14(20)8-18(9-14)7-13(19)17-12-4-3-10(16)6-11(12)15/h3-4,6,20H,2,5,7-9H2,1H3,(H,17,19). The minimum absolute atomic E-state index is 0.171. The van der Waals surface area contributed by atoms with Crippen LogP contribution in [0.3, 0.4) is 0 Å². The Hall–Kier alpha value is -1.17. The fourth-order valence-electron chi connectivity index (χ4n) is 2.51. The SMILES string of the molecule is CCCC1(O)CN(CC(=O)Nc2ccc(F)cc2Cl)C1. The number of hydrogen-bond acceptors (Lipinski definition) is 3. The topological polar surface area (TPSA) is 52.6 Å². The summed E-state index contributed by atoms with van der Waals surface area (Å²) in [6.45, 7) is 3.22. The van der Waals surface area contributed by atoms with Crippen LogP contribution in [0.15, 0.2) is 18.2 Å². The molecule has 1 aromatic rings. The summed E-state index contributed by atoms with van der Waals surface area (Å²) in [6.07, 6.45) is 1.66. The molecule has 1 aliphatic heterocycles. The maximum absolute atomic E-state index is 12.9. The third-order valence-electron chi connectivity index (χ3n) is 3.32. The van der Waals surface area contributed by atoms with Gasteiger partial charge in [-0.1, -0.05) is 24.9 Å². The molecule has 1 fully saturated rings. The molecule has 2 N–H and O–H groups in total. The zero-order valence-corrected chi connectivity index (χ0v) is 12.1. The summed E-state index contributed by atoms with van der Waals surface area (Å²) >= 11 is 5.84. The van der Waals surface area contributed by atoms with Crippen LogP contribution in [0.2, 0.25) is 5.02 Å². The van der Waals surface area contributed by atoms with Crippen molar-refractivity contribution in [2.75, 3.05) is 25.0 Å². The van der Waals surface area contributed by atoms with Gasteiger partial charge in [0.25, 0.3) is 0 Å². The van der Waals surface area contributed by atoms with Crippen LogP contribution in [0.1, 0.15) is 19.8 Å². The summed E-state index contributed by atoms with van der Waals surface area (Å²) in [5.74, 6) is -0.669. The van der Waals surface area contributed by atoms with Gasteiger partial charge in [-0.15, -0.1) is 0 Å². The van der Waals surface area contributed by atoms with E-state index >= 15 is 0 Å². The first-order valence-corrected chi connectivity index (χ1v) is 6.99. The molecule has 6 heteroatoms. The zero-order valence-electron chi connectivity index (χ0n) is 11.3. The molecule has 0 spiro atoms. The van der Waals surface area contributed by atoms with Crippen molar-refractivity contribution >= 4 is 23.2 Å². The second kappa shape index (κ2) is 6.08. The molecule has 1 aromatic carbocycles. The van der Waals surface area contributed by atoms with E-state index in [-0.39, 0.29) is 17.5 Å². The highest BCUT2D eigenvalue weighted by Gasteiger charge is 2.40. The van der Waals surface area contributed by atoms with Crippen LogP contribution in [-0.4, -0.2) is 41.1 Å². The molecule has 0 aromatic heterocycles. The lowest BCUT2D eigenvalue weighted by Gasteiger charge is -2.46. The van der Waals surface area contributed by atoms with Crippen LogP contribution in [0.25, 0.3) is 0 Å². The number of anilines is 1. The van der Waals surface area contributed by atoms with Gasteiger partial charge in [0.2, 0.25) is 5.91 Å². The highest BCUT2D eigenvalue weighted by atomic mass is 35.5. The Labute approximate surface area is 122 Å². The average Bonchev–Trinajstić information content (AvgIpc) is 2.31. The van der Waals surface area contributed by atoms with Gasteiger partial charge >= 0.3 is 0 Å². The van der Waals surface area contributed by atoms with Gasteiger partial charge in [0.05, 0.1) is 22.9 Å². The number of nitrogens with zero attached hydrogens (tertiary/aromatic N) is 1. The summed E-state index contributed by atoms with van der Waals surface area (Å²) in [6, 6.07) is 3.82. The maximum Gasteiger partial charge on any atom is 0.238 e. The molecule has 0 unspecified atom stereocenters. The van der Waals surface area contributed by atoms with Gasteiger partial charge in [-0.3, -0.25) is 9.69 Å². The predicted molar refractivity (Wildman–Crippen MR) is 76.3 cm³/mol. The van der Waals surface area contributed by atoms with E-state index in [4.69, 9.17) is 11.6 Å². The van der Waals surface area contributed by atoms with E-state index in [1.54, 1.807) is 0 Å². The minimum Gasteiger partial charge on any atom is -0.387 e. The van der Waals surface area contributed by atoms with Gasteiger partial charge in [-0.25, -0.2) is 4.39 Å². The smallest absolute Gasteiger partial charge is 0.238 e. The number of β-amino-alcohol motifs (C(OH)–C–C–N with tert-alkyl or cyclic N) is 1. The van der Waals surface area contributed by atoms with Crippen molar-refractivity contribution in [2.24, 2.45) is 0 Å². The number of likely N-dealkylation sites (tertiary alicyclic amines) is 1. The van der Waals surface area contributed by atoms with Gasteiger partial charge in [0, 0.05) is 13.1 Å². The monoisotopic (exact) mass is 300 g/mol. The van der Waals surface area contributed by atoms with E-state index in [1.807, 2.05) is 11.8 Å². The van der Waals surface area contributed by atoms with E-state index in [0.29, 0.717) is 18.8 Å². The second-order valence-corrected chi connectivity index (χ2v) is 5.70. The van der Waals surface area contributed by atoms with Crippen LogP contribution < -0.4 is 5.32 Å². The summed E-state index contributed by atoms with van der Waals surface area (Å²) in [7, 11) is 0. The Bertz CT molecular complexity index is 504. The van der Waals surface area contributed by atoms with Crippen LogP contribution in [0, 0.1) is 5.82 Å². The number of benzene rings is 1. The van der Waals surface area contributed by atoms with Crippen molar-refractivity contribution in [2.45, 2.75) is 25.4 Å². The lowest BCUT2D eigenvalue weighted by molar-refractivity contribution is -0.129. The number of rotatable bonds is 5. The van der Waals surface area contributed by atoms with Crippen LogP contribution in [-0.2, 0) is 4.79 Å². The van der Waals surface area contributed by atoms with Crippen molar-refractivity contribution in [1.29, 1.82) is 0 Å². The molecule has 0 saturated carbocycles. The lowest BCUT2D eigenvalue weighted by atomic mass is 9.89. The van der Waals surface area contributed by atoms with Gasteiger partial charge in [-0.2, -0.15) is 0 Å². The number of hydrogen-bond donors (Lipinski definition) is 2. The summed E-state index contributed by atoms with van der Waals surface area (Å²) in [5.41, 5.74) is -0.259. The molecule has 0 aliphatic carbocycles. The Morgan fingerprint density at radius 2 is 2.25 bits per heavy atom. The normalized spacial score (nSPS) is 17.6. The first kappa shape index (κ1) is 15.2. The van der Waals surface area contributed by atoms with Gasteiger partial charge < -0.3 is 10.4 Å². The first-order chi connectivity index (χ1) is 9.42. The van der Waals surface area contributed by atoms with Crippen LogP contribution in [0.5, 0.6) is 0 Å². The Morgan fingerprint density at radius 1 is 1.55 bits per heavy atom. The average molecular weight is 301 g/mol. The van der Waals surface area contributed by atoms with Crippen molar-refractivity contribution < 1.29 is 14.3 Å². The largest absolute Gasteiger partial charge is 0.387 e. The third-order valence-corrected chi connectivity index (χ3v) is 3.64. The highest BCUT2D eigenvalue weighted by Crippen LogP contribution is 2.26. The molecule has 1 saturated heterocycles. The minimum atomic E-state index is -0.650. The molecule has 1 amide bonds. The van der Waals surface area contributed by atoms with Gasteiger partial charge in [0.1, 0.15) is 5.82 Å². The molecular weight excluding hydrogens is 283 g/mol. The fraction of sp³-hybridized carbons (Fsp3) is 0.500. The molecule has 110 valence electrons. The van der Waals surface area contributed by atoms with Gasteiger partial charge in [-0.05, 0) is 24.6 Å². The third kappa shape index (κ3) is 3.69. The highest BCUT2D eigenvalue weighted by molar-refractivity contribution is 6.33. The lowest BCUT2D eigenvalue weighted by Crippen LogP contribution is -2.62. The second-order valence-electron chi connectivity index (χ2n) is 5.29. The molecule has 0 radical (unpaired) electrons. The molecule has 1 aliphatic rings. The van der Waals surface area contributed by atoms with E-state index in [0.717, 1.165) is 18.9 Å². The molecule has 1 heterocycles. The number of carbonyl (C=O) groups is 1. The van der Waals surface area contributed by atoms with Gasteiger partial charge in [0.15, 0.2) is 0 Å². The number of aliphatic hydroxyl groups is 1. The fourth-order valence-corrected chi connectivity index (χ4v) is 2.72. The van der Waals surface area contributed by atoms with Crippen molar-refractivity contribution in [3.8, 4) is 0 Å². The number of halogens is 2. The number of amides is 1.